The van der Waals surface area contributed by atoms with Crippen molar-refractivity contribution in [1.29, 1.82) is 0 Å². The van der Waals surface area contributed by atoms with Crippen LogP contribution in [0, 0.1) is 0 Å². The predicted octanol–water partition coefficient (Wildman–Crippen LogP) is 3.27. The molecule has 0 fully saturated rings. The van der Waals surface area contributed by atoms with Crippen LogP contribution in [-0.4, -0.2) is 15.0 Å². The number of halogens is 1. The lowest BCUT2D eigenvalue weighted by molar-refractivity contribution is 0.102. The molecular formula is C17H16ClN3O2. The number of hydrogen-bond donors (Lipinski definition) is 1. The van der Waals surface area contributed by atoms with Crippen LogP contribution < -0.4 is 10.9 Å². The molecule has 1 N–H and O–H groups in total. The second kappa shape index (κ2) is 5.93. The van der Waals surface area contributed by atoms with Gasteiger partial charge in [-0.25, -0.2) is 0 Å². The smallest absolute Gasteiger partial charge is 0.272 e. The second-order valence-corrected chi connectivity index (χ2v) is 5.64. The lowest BCUT2D eigenvalue weighted by Gasteiger charge is -2.08. The number of aromatic nitrogens is 2. The molecule has 0 aliphatic rings. The van der Waals surface area contributed by atoms with Crippen LogP contribution in [0.4, 0.5) is 5.69 Å². The first kappa shape index (κ1) is 15.4. The summed E-state index contributed by atoms with van der Waals surface area (Å²) >= 11 is 6.06. The highest BCUT2D eigenvalue weighted by molar-refractivity contribution is 6.33. The molecule has 0 saturated heterocycles. The predicted molar refractivity (Wildman–Crippen MR) is 92.3 cm³/mol. The third kappa shape index (κ3) is 2.64. The van der Waals surface area contributed by atoms with Crippen molar-refractivity contribution in [2.75, 3.05) is 5.32 Å². The summed E-state index contributed by atoms with van der Waals surface area (Å²) in [6.45, 7) is 2.49. The van der Waals surface area contributed by atoms with E-state index in [-0.39, 0.29) is 11.5 Å². The van der Waals surface area contributed by atoms with Gasteiger partial charge >= 0.3 is 0 Å². The number of hydrogen-bond acceptors (Lipinski definition) is 2. The molecule has 6 heteroatoms. The van der Waals surface area contributed by atoms with Crippen molar-refractivity contribution in [3.8, 4) is 0 Å². The third-order valence-corrected chi connectivity index (χ3v) is 4.21. The van der Waals surface area contributed by atoms with E-state index in [0.717, 1.165) is 5.52 Å². The summed E-state index contributed by atoms with van der Waals surface area (Å²) in [4.78, 5) is 24.9. The van der Waals surface area contributed by atoms with Crippen LogP contribution in [0.25, 0.3) is 10.9 Å². The summed E-state index contributed by atoms with van der Waals surface area (Å²) in [5, 5.41) is 3.77. The molecule has 0 bridgehead atoms. The van der Waals surface area contributed by atoms with Crippen LogP contribution in [0.3, 0.4) is 0 Å². The zero-order valence-electron chi connectivity index (χ0n) is 12.8. The van der Waals surface area contributed by atoms with Gasteiger partial charge in [-0.2, -0.15) is 0 Å². The first-order valence-corrected chi connectivity index (χ1v) is 7.65. The van der Waals surface area contributed by atoms with Gasteiger partial charge in [-0.05, 0) is 31.2 Å². The molecule has 1 aromatic carbocycles. The Balaban J connectivity index is 2.05. The largest absolute Gasteiger partial charge is 0.339 e. The van der Waals surface area contributed by atoms with Crippen molar-refractivity contribution in [1.82, 2.24) is 9.13 Å². The first-order valence-electron chi connectivity index (χ1n) is 7.27. The fourth-order valence-electron chi connectivity index (χ4n) is 2.59. The zero-order valence-corrected chi connectivity index (χ0v) is 13.6. The van der Waals surface area contributed by atoms with Gasteiger partial charge in [0.2, 0.25) is 0 Å². The van der Waals surface area contributed by atoms with Crippen molar-refractivity contribution in [3.63, 3.8) is 0 Å². The Morgan fingerprint density at radius 1 is 1.26 bits per heavy atom. The van der Waals surface area contributed by atoms with Crippen LogP contribution >= 0.6 is 11.6 Å². The lowest BCUT2D eigenvalue weighted by atomic mass is 10.3. The number of carbonyl (C=O) groups excluding carboxylic acids is 1. The molecule has 1 amide bonds. The van der Waals surface area contributed by atoms with Crippen LogP contribution in [-0.2, 0) is 13.6 Å². The fraction of sp³-hybridized carbons (Fsp3) is 0.176. The number of nitrogens with one attached hydrogen (secondary N) is 1. The molecule has 0 spiro atoms. The van der Waals surface area contributed by atoms with E-state index in [4.69, 9.17) is 11.6 Å². The molecule has 3 aromatic rings. The van der Waals surface area contributed by atoms with E-state index in [0.29, 0.717) is 28.3 Å². The van der Waals surface area contributed by atoms with E-state index < -0.39 is 0 Å². The van der Waals surface area contributed by atoms with E-state index in [1.54, 1.807) is 52.7 Å². The Kier molecular flexibility index (Phi) is 3.96. The Bertz CT molecular complexity index is 956. The van der Waals surface area contributed by atoms with Crippen molar-refractivity contribution >= 4 is 34.1 Å². The average molecular weight is 330 g/mol. The number of aryl methyl sites for hydroxylation is 2. The van der Waals surface area contributed by atoms with Crippen molar-refractivity contribution in [2.24, 2.45) is 7.05 Å². The molecule has 23 heavy (non-hydrogen) atoms. The first-order chi connectivity index (χ1) is 11.0. The molecule has 3 rings (SSSR count). The number of rotatable bonds is 3. The number of benzene rings is 1. The summed E-state index contributed by atoms with van der Waals surface area (Å²) in [7, 11) is 1.76. The van der Waals surface area contributed by atoms with Gasteiger partial charge in [0.1, 0.15) is 5.69 Å². The molecule has 0 saturated carbocycles. The standard InChI is InChI=1S/C17H16ClN3O2/c1-3-21-9-8-14-11(17(21)23)10-15(20(14)2)16(22)19-13-7-5-4-6-12(13)18/h4-10H,3H2,1-2H3,(H,19,22). The third-order valence-electron chi connectivity index (χ3n) is 3.88. The molecule has 0 aliphatic carbocycles. The fourth-order valence-corrected chi connectivity index (χ4v) is 2.77. The number of para-hydroxylation sites is 1. The number of pyridine rings is 1. The minimum atomic E-state index is -0.306. The van der Waals surface area contributed by atoms with Crippen molar-refractivity contribution in [3.05, 3.63) is 63.7 Å². The Labute approximate surface area is 138 Å². The van der Waals surface area contributed by atoms with E-state index in [1.807, 2.05) is 13.0 Å². The SMILES string of the molecule is CCn1ccc2c(cc(C(=O)Nc3ccccc3Cl)n2C)c1=O. The van der Waals surface area contributed by atoms with Crippen LogP contribution in [0.5, 0.6) is 0 Å². The number of anilines is 1. The summed E-state index contributed by atoms with van der Waals surface area (Å²) in [5.41, 5.74) is 1.57. The number of carbonyl (C=O) groups is 1. The van der Waals surface area contributed by atoms with Crippen molar-refractivity contribution in [2.45, 2.75) is 13.5 Å². The maximum Gasteiger partial charge on any atom is 0.272 e. The zero-order chi connectivity index (χ0) is 16.6. The minimum absolute atomic E-state index is 0.0996. The van der Waals surface area contributed by atoms with Gasteiger partial charge in [-0.15, -0.1) is 0 Å². The van der Waals surface area contributed by atoms with Crippen molar-refractivity contribution < 1.29 is 4.79 Å². The van der Waals surface area contributed by atoms with Gasteiger partial charge in [0, 0.05) is 19.8 Å². The van der Waals surface area contributed by atoms with Crippen LogP contribution in [0.2, 0.25) is 5.02 Å². The summed E-state index contributed by atoms with van der Waals surface area (Å²) < 4.78 is 3.32. The number of nitrogens with zero attached hydrogens (tertiary/aromatic N) is 2. The van der Waals surface area contributed by atoms with Gasteiger partial charge in [0.15, 0.2) is 0 Å². The van der Waals surface area contributed by atoms with E-state index >= 15 is 0 Å². The molecule has 118 valence electrons. The Hall–Kier alpha value is -2.53. The van der Waals surface area contributed by atoms with Gasteiger partial charge in [-0.3, -0.25) is 9.59 Å². The minimum Gasteiger partial charge on any atom is -0.339 e. The highest BCUT2D eigenvalue weighted by Crippen LogP contribution is 2.22. The highest BCUT2D eigenvalue weighted by Gasteiger charge is 2.16. The van der Waals surface area contributed by atoms with Gasteiger partial charge in [0.25, 0.3) is 11.5 Å². The number of amides is 1. The van der Waals surface area contributed by atoms with E-state index in [9.17, 15) is 9.59 Å². The summed E-state index contributed by atoms with van der Waals surface area (Å²) in [5.74, 6) is -0.306. The maximum absolute atomic E-state index is 12.5. The molecule has 0 atom stereocenters. The molecular weight excluding hydrogens is 314 g/mol. The topological polar surface area (TPSA) is 56.0 Å². The Morgan fingerprint density at radius 3 is 2.70 bits per heavy atom. The molecule has 0 aliphatic heterocycles. The van der Waals surface area contributed by atoms with E-state index in [1.165, 1.54) is 0 Å². The average Bonchev–Trinajstić information content (AvgIpc) is 2.88. The molecule has 5 nitrogen and oxygen atoms in total. The quantitative estimate of drug-likeness (QED) is 0.801. The van der Waals surface area contributed by atoms with Crippen LogP contribution in [0.15, 0.2) is 47.4 Å². The highest BCUT2D eigenvalue weighted by atomic mass is 35.5. The number of fused-ring (bicyclic) bond motifs is 1. The molecule has 2 heterocycles. The van der Waals surface area contributed by atoms with Gasteiger partial charge < -0.3 is 14.5 Å². The molecule has 0 unspecified atom stereocenters. The maximum atomic E-state index is 12.5. The summed E-state index contributed by atoms with van der Waals surface area (Å²) in [6.07, 6.45) is 1.74. The second-order valence-electron chi connectivity index (χ2n) is 5.23. The van der Waals surface area contributed by atoms with Crippen LogP contribution in [0.1, 0.15) is 17.4 Å². The lowest BCUT2D eigenvalue weighted by Crippen LogP contribution is -2.17. The van der Waals surface area contributed by atoms with E-state index in [2.05, 4.69) is 5.32 Å². The van der Waals surface area contributed by atoms with Gasteiger partial charge in [0.05, 0.1) is 21.6 Å². The monoisotopic (exact) mass is 329 g/mol. The normalized spacial score (nSPS) is 10.9. The summed E-state index contributed by atoms with van der Waals surface area (Å²) in [6, 6.07) is 10.5. The Morgan fingerprint density at radius 2 is 2.00 bits per heavy atom. The van der Waals surface area contributed by atoms with Gasteiger partial charge in [-0.1, -0.05) is 23.7 Å². The molecule has 2 aromatic heterocycles. The molecule has 0 radical (unpaired) electrons.